The lowest BCUT2D eigenvalue weighted by Gasteiger charge is -2.46. The molecule has 1 aromatic heterocycles. The Bertz CT molecular complexity index is 501. The molecule has 0 aromatic carbocycles. The Morgan fingerprint density at radius 3 is 2.78 bits per heavy atom. The van der Waals surface area contributed by atoms with E-state index in [2.05, 4.69) is 15.9 Å². The summed E-state index contributed by atoms with van der Waals surface area (Å²) in [6.07, 6.45) is 5.63. The number of halogens is 1. The lowest BCUT2D eigenvalue weighted by Crippen LogP contribution is -2.64. The second-order valence-electron chi connectivity index (χ2n) is 5.05. The molecule has 0 spiro atoms. The van der Waals surface area contributed by atoms with Crippen LogP contribution in [0.4, 0.5) is 0 Å². The van der Waals surface area contributed by atoms with Crippen LogP contribution in [0, 0.1) is 5.92 Å². The first-order valence-corrected chi connectivity index (χ1v) is 7.62. The number of likely N-dealkylation sites (tertiary alicyclic amines) is 1. The number of carbonyl (C=O) groups is 1. The molecule has 1 aliphatic heterocycles. The van der Waals surface area contributed by atoms with Crippen molar-refractivity contribution < 1.29 is 9.90 Å². The molecule has 0 radical (unpaired) electrons. The number of rotatable bonds is 3. The van der Waals surface area contributed by atoms with Gasteiger partial charge in [0.15, 0.2) is 0 Å². The molecule has 3 rings (SSSR count). The molecule has 1 saturated carbocycles. The van der Waals surface area contributed by atoms with Gasteiger partial charge in [0.2, 0.25) is 5.91 Å². The second kappa shape index (κ2) is 4.47. The molecule has 0 unspecified atom stereocenters. The van der Waals surface area contributed by atoms with Crippen LogP contribution in [0.2, 0.25) is 0 Å². The summed E-state index contributed by atoms with van der Waals surface area (Å²) in [4.78, 5) is 14.6. The summed E-state index contributed by atoms with van der Waals surface area (Å²) in [5.41, 5.74) is -0.588. The number of hydrogen-bond donors (Lipinski definition) is 1. The smallest absolute Gasteiger partial charge is 0.246 e. The van der Waals surface area contributed by atoms with Gasteiger partial charge in [0.1, 0.15) is 5.60 Å². The van der Waals surface area contributed by atoms with Gasteiger partial charge in [0.05, 0.1) is 16.9 Å². The quantitative estimate of drug-likeness (QED) is 0.866. The van der Waals surface area contributed by atoms with Crippen molar-refractivity contribution in [2.75, 3.05) is 13.1 Å². The summed E-state index contributed by atoms with van der Waals surface area (Å²) in [5.74, 6) is 0.420. The van der Waals surface area contributed by atoms with Gasteiger partial charge in [-0.1, -0.05) is 0 Å². The molecule has 2 aliphatic rings. The van der Waals surface area contributed by atoms with Crippen molar-refractivity contribution in [2.45, 2.75) is 18.4 Å². The Labute approximate surface area is 118 Å². The van der Waals surface area contributed by atoms with E-state index in [1.165, 1.54) is 0 Å². The first kappa shape index (κ1) is 12.4. The van der Waals surface area contributed by atoms with Crippen LogP contribution in [0.5, 0.6) is 0 Å². The summed E-state index contributed by atoms with van der Waals surface area (Å²) in [6, 6.07) is 3.93. The molecule has 18 heavy (non-hydrogen) atoms. The van der Waals surface area contributed by atoms with Gasteiger partial charge < -0.3 is 10.0 Å². The van der Waals surface area contributed by atoms with E-state index in [-0.39, 0.29) is 5.91 Å². The molecular weight excluding hydrogens is 314 g/mol. The van der Waals surface area contributed by atoms with Crippen LogP contribution >= 0.6 is 27.3 Å². The van der Waals surface area contributed by atoms with Crippen LogP contribution in [-0.2, 0) is 4.79 Å². The average Bonchev–Trinajstić information content (AvgIpc) is 3.06. The third kappa shape index (κ3) is 2.39. The maximum Gasteiger partial charge on any atom is 0.246 e. The van der Waals surface area contributed by atoms with Crippen LogP contribution in [0.1, 0.15) is 17.7 Å². The van der Waals surface area contributed by atoms with Crippen LogP contribution in [0.3, 0.4) is 0 Å². The van der Waals surface area contributed by atoms with E-state index in [0.29, 0.717) is 19.0 Å². The molecule has 1 aromatic rings. The number of aliphatic hydroxyl groups is 1. The molecule has 3 nitrogen and oxygen atoms in total. The Morgan fingerprint density at radius 2 is 2.22 bits per heavy atom. The summed E-state index contributed by atoms with van der Waals surface area (Å²) >= 11 is 4.98. The Morgan fingerprint density at radius 1 is 1.50 bits per heavy atom. The Kier molecular flexibility index (Phi) is 3.08. The highest BCUT2D eigenvalue weighted by molar-refractivity contribution is 9.11. The highest BCUT2D eigenvalue weighted by Crippen LogP contribution is 2.44. The van der Waals surface area contributed by atoms with Crippen LogP contribution in [0.15, 0.2) is 22.0 Å². The first-order valence-electron chi connectivity index (χ1n) is 6.01. The number of thiophene rings is 1. The molecule has 0 bridgehead atoms. The molecule has 1 amide bonds. The van der Waals surface area contributed by atoms with Gasteiger partial charge in [0.25, 0.3) is 0 Å². The zero-order valence-electron chi connectivity index (χ0n) is 9.80. The number of β-amino-alcohol motifs (C(OH)–C–C–N with tert-alkyl or cyclic N) is 1. The third-order valence-electron chi connectivity index (χ3n) is 3.56. The zero-order chi connectivity index (χ0) is 12.8. The highest BCUT2D eigenvalue weighted by atomic mass is 79.9. The van der Waals surface area contributed by atoms with Crippen molar-refractivity contribution in [3.05, 3.63) is 26.9 Å². The van der Waals surface area contributed by atoms with Crippen molar-refractivity contribution in [2.24, 2.45) is 5.92 Å². The number of carbonyl (C=O) groups excluding carboxylic acids is 1. The van der Waals surface area contributed by atoms with E-state index in [1.54, 1.807) is 22.3 Å². The minimum atomic E-state index is -0.588. The summed E-state index contributed by atoms with van der Waals surface area (Å²) in [6.45, 7) is 0.990. The fraction of sp³-hybridized carbons (Fsp3) is 0.462. The van der Waals surface area contributed by atoms with E-state index >= 15 is 0 Å². The molecule has 1 N–H and O–H groups in total. The lowest BCUT2D eigenvalue weighted by molar-refractivity contribution is -0.154. The predicted molar refractivity (Wildman–Crippen MR) is 75.3 cm³/mol. The van der Waals surface area contributed by atoms with Crippen LogP contribution in [-0.4, -0.2) is 34.6 Å². The van der Waals surface area contributed by atoms with E-state index in [0.717, 1.165) is 21.5 Å². The highest BCUT2D eigenvalue weighted by Gasteiger charge is 2.52. The number of hydrogen-bond acceptors (Lipinski definition) is 3. The largest absolute Gasteiger partial charge is 0.386 e. The third-order valence-corrected chi connectivity index (χ3v) is 5.15. The summed E-state index contributed by atoms with van der Waals surface area (Å²) in [5, 5.41) is 10.1. The fourth-order valence-electron chi connectivity index (χ4n) is 2.33. The van der Waals surface area contributed by atoms with Crippen molar-refractivity contribution in [3.8, 4) is 0 Å². The fourth-order valence-corrected chi connectivity index (χ4v) is 3.65. The molecule has 5 heteroatoms. The topological polar surface area (TPSA) is 40.5 Å². The van der Waals surface area contributed by atoms with Gasteiger partial charge >= 0.3 is 0 Å². The van der Waals surface area contributed by atoms with Crippen molar-refractivity contribution >= 4 is 39.2 Å². The summed E-state index contributed by atoms with van der Waals surface area (Å²) in [7, 11) is 0. The van der Waals surface area contributed by atoms with E-state index in [9.17, 15) is 9.90 Å². The Hall–Kier alpha value is -0.650. The average molecular weight is 328 g/mol. The molecule has 96 valence electrons. The molecule has 2 heterocycles. The second-order valence-corrected chi connectivity index (χ2v) is 7.54. The standard InChI is InChI=1S/C13H14BrNO2S/c14-11-5-3-10(18-11)4-6-12(16)15-7-13(17,8-15)9-1-2-9/h3-6,9,17H,1-2,7-8H2. The van der Waals surface area contributed by atoms with E-state index in [1.807, 2.05) is 18.2 Å². The van der Waals surface area contributed by atoms with Gasteiger partial charge in [-0.25, -0.2) is 0 Å². The molecular formula is C13H14BrNO2S. The molecule has 2 fully saturated rings. The monoisotopic (exact) mass is 327 g/mol. The van der Waals surface area contributed by atoms with E-state index < -0.39 is 5.60 Å². The molecule has 1 saturated heterocycles. The van der Waals surface area contributed by atoms with Crippen molar-refractivity contribution in [1.29, 1.82) is 0 Å². The van der Waals surface area contributed by atoms with Gasteiger partial charge in [-0.05, 0) is 52.9 Å². The van der Waals surface area contributed by atoms with Crippen LogP contribution in [0.25, 0.3) is 6.08 Å². The lowest BCUT2D eigenvalue weighted by atomic mass is 9.88. The molecule has 0 atom stereocenters. The molecule has 1 aliphatic carbocycles. The van der Waals surface area contributed by atoms with Gasteiger partial charge in [-0.3, -0.25) is 4.79 Å². The zero-order valence-corrected chi connectivity index (χ0v) is 12.2. The first-order chi connectivity index (χ1) is 8.57. The number of nitrogens with zero attached hydrogens (tertiary/aromatic N) is 1. The van der Waals surface area contributed by atoms with Crippen LogP contribution < -0.4 is 0 Å². The normalized spacial score (nSPS) is 22.2. The van der Waals surface area contributed by atoms with Gasteiger partial charge in [-0.15, -0.1) is 11.3 Å². The van der Waals surface area contributed by atoms with E-state index in [4.69, 9.17) is 0 Å². The van der Waals surface area contributed by atoms with Crippen molar-refractivity contribution in [3.63, 3.8) is 0 Å². The predicted octanol–water partition coefficient (Wildman–Crippen LogP) is 2.51. The maximum absolute atomic E-state index is 11.9. The van der Waals surface area contributed by atoms with Gasteiger partial charge in [-0.2, -0.15) is 0 Å². The number of amides is 1. The van der Waals surface area contributed by atoms with Gasteiger partial charge in [0, 0.05) is 11.0 Å². The minimum Gasteiger partial charge on any atom is -0.386 e. The summed E-state index contributed by atoms with van der Waals surface area (Å²) < 4.78 is 1.06. The van der Waals surface area contributed by atoms with Crippen molar-refractivity contribution in [1.82, 2.24) is 4.90 Å². The SMILES string of the molecule is O=C(C=Cc1ccc(Br)s1)N1CC(O)(C2CC2)C1. The Balaban J connectivity index is 1.55. The maximum atomic E-state index is 11.9. The minimum absolute atomic E-state index is 0.00940.